The average Bonchev–Trinajstić information content (AvgIpc) is 2.77. The summed E-state index contributed by atoms with van der Waals surface area (Å²) in [6, 6.07) is 16.2. The van der Waals surface area contributed by atoms with E-state index in [2.05, 4.69) is 26.0 Å². The van der Waals surface area contributed by atoms with Gasteiger partial charge in [0, 0.05) is 32.3 Å². The molecule has 2 aromatic carbocycles. The molecule has 156 valence electrons. The van der Waals surface area contributed by atoms with Crippen LogP contribution in [0.25, 0.3) is 6.08 Å². The Balaban J connectivity index is 1.62. The van der Waals surface area contributed by atoms with Crippen molar-refractivity contribution in [2.24, 2.45) is 0 Å². The van der Waals surface area contributed by atoms with Crippen LogP contribution in [-0.4, -0.2) is 49.7 Å². The lowest BCUT2D eigenvalue weighted by atomic mass is 10.0. The number of carbonyl (C=O) groups excluding carboxylic acids is 1. The lowest BCUT2D eigenvalue weighted by Crippen LogP contribution is -2.50. The molecule has 6 nitrogen and oxygen atoms in total. The number of nitriles is 1. The van der Waals surface area contributed by atoms with Crippen LogP contribution in [0.15, 0.2) is 59.5 Å². The highest BCUT2D eigenvalue weighted by molar-refractivity contribution is 7.89. The van der Waals surface area contributed by atoms with Gasteiger partial charge in [0.15, 0.2) is 0 Å². The number of sulfonamides is 1. The van der Waals surface area contributed by atoms with Gasteiger partial charge >= 0.3 is 0 Å². The molecule has 1 aliphatic heterocycles. The first kappa shape index (κ1) is 21.8. The van der Waals surface area contributed by atoms with E-state index in [4.69, 9.17) is 0 Å². The van der Waals surface area contributed by atoms with Crippen LogP contribution in [0.1, 0.15) is 36.5 Å². The molecular formula is C23H25N3O3S. The molecule has 0 unspecified atom stereocenters. The molecule has 3 rings (SSSR count). The second-order valence-corrected chi connectivity index (χ2v) is 9.40. The third-order valence-electron chi connectivity index (χ3n) is 5.20. The third kappa shape index (κ3) is 4.78. The maximum Gasteiger partial charge on any atom is 0.246 e. The van der Waals surface area contributed by atoms with Crippen molar-refractivity contribution in [2.45, 2.75) is 24.7 Å². The summed E-state index contributed by atoms with van der Waals surface area (Å²) in [5.41, 5.74) is 2.32. The summed E-state index contributed by atoms with van der Waals surface area (Å²) in [5, 5.41) is 9.20. The lowest BCUT2D eigenvalue weighted by molar-refractivity contribution is -0.127. The smallest absolute Gasteiger partial charge is 0.246 e. The highest BCUT2D eigenvalue weighted by Gasteiger charge is 2.31. The predicted molar refractivity (Wildman–Crippen MR) is 116 cm³/mol. The highest BCUT2D eigenvalue weighted by Crippen LogP contribution is 2.21. The Morgan fingerprint density at radius 2 is 1.67 bits per heavy atom. The maximum absolute atomic E-state index is 12.9. The Morgan fingerprint density at radius 1 is 1.03 bits per heavy atom. The molecule has 0 N–H and O–H groups in total. The average molecular weight is 424 g/mol. The van der Waals surface area contributed by atoms with Crippen LogP contribution < -0.4 is 0 Å². The Bertz CT molecular complexity index is 1080. The van der Waals surface area contributed by atoms with Crippen LogP contribution in [0.5, 0.6) is 0 Å². The van der Waals surface area contributed by atoms with Gasteiger partial charge in [-0.1, -0.05) is 50.2 Å². The molecule has 0 saturated carbocycles. The molecule has 2 aromatic rings. The van der Waals surface area contributed by atoms with Gasteiger partial charge in [0.05, 0.1) is 10.5 Å². The minimum atomic E-state index is -3.77. The molecule has 30 heavy (non-hydrogen) atoms. The molecule has 7 heteroatoms. The van der Waals surface area contributed by atoms with Crippen molar-refractivity contribution in [1.82, 2.24) is 9.21 Å². The van der Waals surface area contributed by atoms with Gasteiger partial charge in [0.2, 0.25) is 15.9 Å². The SMILES string of the molecule is CC(C)c1ccc(/C=C/C(=O)N2CCN(S(=O)(=O)c3ccccc3C#N)CC2)cc1. The Hall–Kier alpha value is -2.95. The zero-order valence-corrected chi connectivity index (χ0v) is 18.0. The van der Waals surface area contributed by atoms with Crippen molar-refractivity contribution >= 4 is 22.0 Å². The fourth-order valence-electron chi connectivity index (χ4n) is 3.34. The van der Waals surface area contributed by atoms with Gasteiger partial charge in [0.25, 0.3) is 0 Å². The minimum Gasteiger partial charge on any atom is -0.337 e. The molecule has 1 saturated heterocycles. The summed E-state index contributed by atoms with van der Waals surface area (Å²) in [4.78, 5) is 14.2. The Kier molecular flexibility index (Phi) is 6.70. The first-order chi connectivity index (χ1) is 14.3. The summed E-state index contributed by atoms with van der Waals surface area (Å²) in [5.74, 6) is 0.315. The van der Waals surface area contributed by atoms with Gasteiger partial charge in [-0.2, -0.15) is 9.57 Å². The summed E-state index contributed by atoms with van der Waals surface area (Å²) in [6.45, 7) is 5.28. The van der Waals surface area contributed by atoms with Crippen molar-refractivity contribution in [2.75, 3.05) is 26.2 Å². The van der Waals surface area contributed by atoms with E-state index in [-0.39, 0.29) is 29.5 Å². The van der Waals surface area contributed by atoms with Crippen molar-refractivity contribution in [3.05, 3.63) is 71.3 Å². The number of hydrogen-bond donors (Lipinski definition) is 0. The second-order valence-electron chi connectivity index (χ2n) is 7.49. The number of hydrogen-bond acceptors (Lipinski definition) is 4. The molecule has 0 aromatic heterocycles. The van der Waals surface area contributed by atoms with Crippen LogP contribution in [-0.2, 0) is 14.8 Å². The van der Waals surface area contributed by atoms with Crippen molar-refractivity contribution in [3.63, 3.8) is 0 Å². The molecule has 1 amide bonds. The van der Waals surface area contributed by atoms with Gasteiger partial charge in [0.1, 0.15) is 6.07 Å². The fraction of sp³-hybridized carbons (Fsp3) is 0.304. The summed E-state index contributed by atoms with van der Waals surface area (Å²) < 4.78 is 27.1. The van der Waals surface area contributed by atoms with Crippen LogP contribution in [0.4, 0.5) is 0 Å². The Morgan fingerprint density at radius 3 is 2.27 bits per heavy atom. The molecule has 0 radical (unpaired) electrons. The van der Waals surface area contributed by atoms with E-state index in [1.807, 2.05) is 18.2 Å². The summed E-state index contributed by atoms with van der Waals surface area (Å²) in [7, 11) is -3.77. The van der Waals surface area contributed by atoms with E-state index in [1.54, 1.807) is 23.1 Å². The van der Waals surface area contributed by atoms with E-state index >= 15 is 0 Å². The van der Waals surface area contributed by atoms with Crippen molar-refractivity contribution in [3.8, 4) is 6.07 Å². The molecular weight excluding hydrogens is 398 g/mol. The first-order valence-electron chi connectivity index (χ1n) is 9.89. The molecule has 0 aliphatic carbocycles. The summed E-state index contributed by atoms with van der Waals surface area (Å²) >= 11 is 0. The van der Waals surface area contributed by atoms with Gasteiger partial charge in [-0.25, -0.2) is 8.42 Å². The molecule has 1 aliphatic rings. The monoisotopic (exact) mass is 423 g/mol. The van der Waals surface area contributed by atoms with Crippen LogP contribution in [0.3, 0.4) is 0 Å². The molecule has 0 spiro atoms. The molecule has 1 heterocycles. The molecule has 1 fully saturated rings. The Labute approximate surface area is 178 Å². The number of carbonyl (C=O) groups is 1. The van der Waals surface area contributed by atoms with E-state index in [9.17, 15) is 18.5 Å². The predicted octanol–water partition coefficient (Wildman–Crippen LogP) is 3.23. The molecule has 0 atom stereocenters. The first-order valence-corrected chi connectivity index (χ1v) is 11.3. The minimum absolute atomic E-state index is 0.0111. The number of amides is 1. The molecule has 0 bridgehead atoms. The quantitative estimate of drug-likeness (QED) is 0.692. The van der Waals surface area contributed by atoms with Gasteiger partial charge in [-0.05, 0) is 35.3 Å². The van der Waals surface area contributed by atoms with Crippen LogP contribution in [0, 0.1) is 11.3 Å². The fourth-order valence-corrected chi connectivity index (χ4v) is 4.90. The lowest BCUT2D eigenvalue weighted by Gasteiger charge is -2.33. The topological polar surface area (TPSA) is 81.5 Å². The maximum atomic E-state index is 12.9. The van der Waals surface area contributed by atoms with Crippen molar-refractivity contribution in [1.29, 1.82) is 5.26 Å². The number of nitrogens with zero attached hydrogens (tertiary/aromatic N) is 3. The number of rotatable bonds is 5. The third-order valence-corrected chi connectivity index (χ3v) is 7.15. The zero-order chi connectivity index (χ0) is 21.7. The largest absolute Gasteiger partial charge is 0.337 e. The van der Waals surface area contributed by atoms with E-state index in [1.165, 1.54) is 28.1 Å². The van der Waals surface area contributed by atoms with Crippen LogP contribution >= 0.6 is 0 Å². The normalized spacial score (nSPS) is 15.5. The van der Waals surface area contributed by atoms with Gasteiger partial charge in [-0.15, -0.1) is 0 Å². The van der Waals surface area contributed by atoms with Crippen LogP contribution in [0.2, 0.25) is 0 Å². The summed E-state index contributed by atoms with van der Waals surface area (Å²) in [6.07, 6.45) is 3.30. The van der Waals surface area contributed by atoms with E-state index in [0.29, 0.717) is 19.0 Å². The number of piperazine rings is 1. The van der Waals surface area contributed by atoms with E-state index in [0.717, 1.165) is 5.56 Å². The van der Waals surface area contributed by atoms with Gasteiger partial charge in [-0.3, -0.25) is 4.79 Å². The van der Waals surface area contributed by atoms with Crippen molar-refractivity contribution < 1.29 is 13.2 Å². The van der Waals surface area contributed by atoms with Gasteiger partial charge < -0.3 is 4.90 Å². The number of benzene rings is 2. The standard InChI is InChI=1S/C23H25N3O3S/c1-18(2)20-10-7-19(8-11-20)9-12-23(27)25-13-15-26(16-14-25)30(28,29)22-6-4-3-5-21(22)17-24/h3-12,18H,13-16H2,1-2H3/b12-9+. The second kappa shape index (κ2) is 9.24. The zero-order valence-electron chi connectivity index (χ0n) is 17.2. The van der Waals surface area contributed by atoms with E-state index < -0.39 is 10.0 Å². The highest BCUT2D eigenvalue weighted by atomic mass is 32.2.